The summed E-state index contributed by atoms with van der Waals surface area (Å²) in [7, 11) is 1.61. The van der Waals surface area contributed by atoms with Crippen molar-refractivity contribution in [2.75, 3.05) is 20.3 Å². The SMILES string of the molecule is CO[C@@H](CN)C(OC1COC(c2ccccc2)O[C@@H]1C)Sc1cc(Cl)cnc1-c1cncnc1. The Morgan fingerprint density at radius 3 is 2.65 bits per heavy atom. The smallest absolute Gasteiger partial charge is 0.184 e. The van der Waals surface area contributed by atoms with E-state index in [0.29, 0.717) is 17.3 Å². The highest BCUT2D eigenvalue weighted by molar-refractivity contribution is 8.00. The van der Waals surface area contributed by atoms with Gasteiger partial charge in [0, 0.05) is 48.3 Å². The first-order chi connectivity index (χ1) is 16.6. The number of halogens is 1. The van der Waals surface area contributed by atoms with Gasteiger partial charge < -0.3 is 24.7 Å². The lowest BCUT2D eigenvalue weighted by Gasteiger charge is -2.37. The van der Waals surface area contributed by atoms with Gasteiger partial charge in [0.15, 0.2) is 6.29 Å². The second-order valence-corrected chi connectivity index (χ2v) is 9.29. The summed E-state index contributed by atoms with van der Waals surface area (Å²) in [4.78, 5) is 13.5. The van der Waals surface area contributed by atoms with E-state index in [1.54, 1.807) is 25.7 Å². The van der Waals surface area contributed by atoms with Gasteiger partial charge in [-0.2, -0.15) is 0 Å². The Balaban J connectivity index is 1.53. The molecule has 0 bridgehead atoms. The molecule has 34 heavy (non-hydrogen) atoms. The fraction of sp³-hybridized carbons (Fsp3) is 0.375. The summed E-state index contributed by atoms with van der Waals surface area (Å²) in [5, 5.41) is 0.506. The number of hydrogen-bond acceptors (Lipinski definition) is 9. The normalized spacial score (nSPS) is 22.3. The average Bonchev–Trinajstić information content (AvgIpc) is 2.87. The molecule has 10 heteroatoms. The maximum Gasteiger partial charge on any atom is 0.184 e. The molecule has 4 rings (SSSR count). The number of pyridine rings is 1. The van der Waals surface area contributed by atoms with Crippen LogP contribution in [0.25, 0.3) is 11.3 Å². The quantitative estimate of drug-likeness (QED) is 0.342. The number of aromatic nitrogens is 3. The van der Waals surface area contributed by atoms with E-state index in [-0.39, 0.29) is 24.9 Å². The van der Waals surface area contributed by atoms with Crippen LogP contribution in [-0.4, -0.2) is 59.0 Å². The molecule has 3 aromatic rings. The Labute approximate surface area is 208 Å². The van der Waals surface area contributed by atoms with Crippen LogP contribution in [0.2, 0.25) is 5.02 Å². The van der Waals surface area contributed by atoms with Crippen molar-refractivity contribution in [3.63, 3.8) is 0 Å². The number of hydrogen-bond donors (Lipinski definition) is 1. The predicted octanol–water partition coefficient (Wildman–Crippen LogP) is 4.10. The molecule has 1 aromatic carbocycles. The second-order valence-electron chi connectivity index (χ2n) is 7.72. The molecule has 0 saturated carbocycles. The standard InChI is InChI=1S/C24H27ClN4O4S/c1-15-20(13-31-23(32-15)16-6-4-3-5-7-16)33-24(19(9-26)30-2)34-21-8-18(25)12-29-22(21)17-10-27-14-28-11-17/h3-8,10-12,14-15,19-20,23-24H,9,13,26H2,1-2H3/t15-,19+,20?,23?,24?/m1/s1. The zero-order valence-corrected chi connectivity index (χ0v) is 20.5. The van der Waals surface area contributed by atoms with Gasteiger partial charge in [0.25, 0.3) is 0 Å². The second kappa shape index (κ2) is 12.0. The van der Waals surface area contributed by atoms with Gasteiger partial charge in [0.1, 0.15) is 24.0 Å². The average molecular weight is 503 g/mol. The van der Waals surface area contributed by atoms with Crippen LogP contribution in [0.15, 0.2) is 66.2 Å². The van der Waals surface area contributed by atoms with Crippen LogP contribution >= 0.6 is 23.4 Å². The molecule has 2 N–H and O–H groups in total. The van der Waals surface area contributed by atoms with E-state index in [1.807, 2.05) is 43.3 Å². The van der Waals surface area contributed by atoms with Crippen molar-refractivity contribution in [1.29, 1.82) is 0 Å². The highest BCUT2D eigenvalue weighted by Gasteiger charge is 2.35. The van der Waals surface area contributed by atoms with Crippen molar-refractivity contribution in [2.45, 2.75) is 41.9 Å². The molecular formula is C24H27ClN4O4S. The highest BCUT2D eigenvalue weighted by atomic mass is 35.5. The van der Waals surface area contributed by atoms with E-state index in [2.05, 4.69) is 15.0 Å². The van der Waals surface area contributed by atoms with Crippen molar-refractivity contribution in [3.8, 4) is 11.3 Å². The summed E-state index contributed by atoms with van der Waals surface area (Å²) in [5.41, 5.74) is 7.98. The largest absolute Gasteiger partial charge is 0.376 e. The first-order valence-corrected chi connectivity index (χ1v) is 12.1. The van der Waals surface area contributed by atoms with Gasteiger partial charge in [0.2, 0.25) is 0 Å². The summed E-state index contributed by atoms with van der Waals surface area (Å²) in [6.45, 7) is 2.61. The van der Waals surface area contributed by atoms with Crippen molar-refractivity contribution in [3.05, 3.63) is 71.9 Å². The summed E-state index contributed by atoms with van der Waals surface area (Å²) < 4.78 is 24.2. The van der Waals surface area contributed by atoms with Gasteiger partial charge in [-0.25, -0.2) is 9.97 Å². The molecule has 2 aromatic heterocycles. The number of ether oxygens (including phenoxy) is 4. The van der Waals surface area contributed by atoms with Crippen LogP contribution < -0.4 is 5.73 Å². The Bertz CT molecular complexity index is 1050. The fourth-order valence-corrected chi connectivity index (χ4v) is 5.05. The minimum atomic E-state index is -0.466. The third-order valence-corrected chi connectivity index (χ3v) is 6.81. The first kappa shape index (κ1) is 25.0. The molecule has 3 heterocycles. The highest BCUT2D eigenvalue weighted by Crippen LogP contribution is 2.37. The lowest BCUT2D eigenvalue weighted by atomic mass is 10.1. The van der Waals surface area contributed by atoms with Crippen LogP contribution in [-0.2, 0) is 18.9 Å². The summed E-state index contributed by atoms with van der Waals surface area (Å²) in [5.74, 6) is 0. The maximum atomic E-state index is 6.47. The number of rotatable bonds is 9. The van der Waals surface area contributed by atoms with Gasteiger partial charge >= 0.3 is 0 Å². The van der Waals surface area contributed by atoms with Gasteiger partial charge in [-0.15, -0.1) is 0 Å². The van der Waals surface area contributed by atoms with E-state index in [9.17, 15) is 0 Å². The minimum absolute atomic E-state index is 0.211. The monoisotopic (exact) mass is 502 g/mol. The number of benzene rings is 1. The molecule has 1 fully saturated rings. The molecule has 3 unspecified atom stereocenters. The van der Waals surface area contributed by atoms with Crippen LogP contribution in [0.3, 0.4) is 0 Å². The molecule has 1 saturated heterocycles. The topological polar surface area (TPSA) is 102 Å². The molecule has 1 aliphatic heterocycles. The molecule has 0 spiro atoms. The number of thioether (sulfide) groups is 1. The van der Waals surface area contributed by atoms with Crippen molar-refractivity contribution in [1.82, 2.24) is 15.0 Å². The lowest BCUT2D eigenvalue weighted by molar-refractivity contribution is -0.266. The van der Waals surface area contributed by atoms with Crippen molar-refractivity contribution >= 4 is 23.4 Å². The van der Waals surface area contributed by atoms with E-state index in [0.717, 1.165) is 16.0 Å². The molecule has 0 amide bonds. The molecule has 180 valence electrons. The van der Waals surface area contributed by atoms with E-state index < -0.39 is 11.7 Å². The van der Waals surface area contributed by atoms with Crippen LogP contribution in [0.1, 0.15) is 18.8 Å². The third kappa shape index (κ3) is 6.11. The van der Waals surface area contributed by atoms with Crippen molar-refractivity contribution in [2.24, 2.45) is 5.73 Å². The van der Waals surface area contributed by atoms with Gasteiger partial charge in [-0.3, -0.25) is 4.98 Å². The number of nitrogens with two attached hydrogens (primary N) is 1. The first-order valence-electron chi connectivity index (χ1n) is 10.9. The Hall–Kier alpha value is -2.11. The number of nitrogens with zero attached hydrogens (tertiary/aromatic N) is 3. The third-order valence-electron chi connectivity index (χ3n) is 5.39. The molecule has 0 aliphatic carbocycles. The van der Waals surface area contributed by atoms with Gasteiger partial charge in [-0.1, -0.05) is 53.7 Å². The van der Waals surface area contributed by atoms with E-state index in [1.165, 1.54) is 18.1 Å². The molecule has 1 aliphatic rings. The Kier molecular flexibility index (Phi) is 8.85. The summed E-state index contributed by atoms with van der Waals surface area (Å²) >= 11 is 7.71. The van der Waals surface area contributed by atoms with Crippen molar-refractivity contribution < 1.29 is 18.9 Å². The molecular weight excluding hydrogens is 476 g/mol. The molecule has 5 atom stereocenters. The van der Waals surface area contributed by atoms with Crippen LogP contribution in [0.4, 0.5) is 0 Å². The maximum absolute atomic E-state index is 6.47. The fourth-order valence-electron chi connectivity index (χ4n) is 3.53. The Morgan fingerprint density at radius 1 is 1.21 bits per heavy atom. The lowest BCUT2D eigenvalue weighted by Crippen LogP contribution is -2.45. The minimum Gasteiger partial charge on any atom is -0.376 e. The van der Waals surface area contributed by atoms with E-state index in [4.69, 9.17) is 36.3 Å². The number of methoxy groups -OCH3 is 1. The molecule has 8 nitrogen and oxygen atoms in total. The Morgan fingerprint density at radius 2 is 1.97 bits per heavy atom. The van der Waals surface area contributed by atoms with Crippen LogP contribution in [0.5, 0.6) is 0 Å². The zero-order valence-electron chi connectivity index (χ0n) is 18.9. The van der Waals surface area contributed by atoms with E-state index >= 15 is 0 Å². The summed E-state index contributed by atoms with van der Waals surface area (Å²) in [6.07, 6.45) is 5.12. The predicted molar refractivity (Wildman–Crippen MR) is 130 cm³/mol. The van der Waals surface area contributed by atoms with Crippen LogP contribution in [0, 0.1) is 0 Å². The summed E-state index contributed by atoms with van der Waals surface area (Å²) in [6, 6.07) is 11.7. The zero-order chi connectivity index (χ0) is 23.9. The van der Waals surface area contributed by atoms with Gasteiger partial charge in [-0.05, 0) is 13.0 Å². The molecule has 0 radical (unpaired) electrons. The van der Waals surface area contributed by atoms with Gasteiger partial charge in [0.05, 0.1) is 23.4 Å².